The van der Waals surface area contributed by atoms with Crippen LogP contribution in [0.1, 0.15) is 30.0 Å². The number of hydrogen-bond acceptors (Lipinski definition) is 3. The summed E-state index contributed by atoms with van der Waals surface area (Å²) in [6, 6.07) is 13.3. The highest BCUT2D eigenvalue weighted by Crippen LogP contribution is 2.27. The zero-order valence-electron chi connectivity index (χ0n) is 14.0. The van der Waals surface area contributed by atoms with Crippen molar-refractivity contribution in [1.82, 2.24) is 4.90 Å². The highest BCUT2D eigenvalue weighted by atomic mass is 35.5. The van der Waals surface area contributed by atoms with Crippen LogP contribution in [0, 0.1) is 6.92 Å². The SMILES string of the molecule is Cc1ccc(NC(=S)N(Cc2ccco2)[C@@H](C)c2ccco2)c(Cl)c1. The third-order valence-electron chi connectivity index (χ3n) is 3.96. The van der Waals surface area contributed by atoms with Gasteiger partial charge in [-0.1, -0.05) is 17.7 Å². The van der Waals surface area contributed by atoms with E-state index in [2.05, 4.69) is 5.32 Å². The maximum atomic E-state index is 6.32. The van der Waals surface area contributed by atoms with Crippen molar-refractivity contribution in [2.24, 2.45) is 0 Å². The predicted molar refractivity (Wildman–Crippen MR) is 104 cm³/mol. The molecule has 0 saturated carbocycles. The monoisotopic (exact) mass is 374 g/mol. The van der Waals surface area contributed by atoms with Crippen LogP contribution in [0.15, 0.2) is 63.8 Å². The molecule has 1 N–H and O–H groups in total. The predicted octanol–water partition coefficient (Wildman–Crippen LogP) is 5.79. The number of halogens is 1. The van der Waals surface area contributed by atoms with Crippen molar-refractivity contribution in [2.45, 2.75) is 26.4 Å². The van der Waals surface area contributed by atoms with Gasteiger partial charge < -0.3 is 19.1 Å². The van der Waals surface area contributed by atoms with Gasteiger partial charge >= 0.3 is 0 Å². The van der Waals surface area contributed by atoms with Gasteiger partial charge in [0.15, 0.2) is 5.11 Å². The largest absolute Gasteiger partial charge is 0.467 e. The van der Waals surface area contributed by atoms with Gasteiger partial charge in [0.1, 0.15) is 11.5 Å². The van der Waals surface area contributed by atoms with Crippen molar-refractivity contribution in [2.75, 3.05) is 5.32 Å². The van der Waals surface area contributed by atoms with Crippen LogP contribution in [0.3, 0.4) is 0 Å². The van der Waals surface area contributed by atoms with Crippen LogP contribution < -0.4 is 5.32 Å². The lowest BCUT2D eigenvalue weighted by atomic mass is 10.2. The summed E-state index contributed by atoms with van der Waals surface area (Å²) in [5, 5.41) is 4.41. The molecule has 0 aliphatic rings. The molecule has 0 spiro atoms. The Labute approximate surface area is 157 Å². The average molecular weight is 375 g/mol. The number of hydrogen-bond donors (Lipinski definition) is 1. The summed E-state index contributed by atoms with van der Waals surface area (Å²) in [4.78, 5) is 2.00. The second kappa shape index (κ2) is 7.76. The molecular weight excluding hydrogens is 356 g/mol. The highest BCUT2D eigenvalue weighted by Gasteiger charge is 2.22. The van der Waals surface area contributed by atoms with Gasteiger partial charge in [-0.05, 0) is 68.0 Å². The van der Waals surface area contributed by atoms with Gasteiger partial charge in [0.25, 0.3) is 0 Å². The van der Waals surface area contributed by atoms with Crippen LogP contribution in [0.5, 0.6) is 0 Å². The van der Waals surface area contributed by atoms with Gasteiger partial charge in [0.2, 0.25) is 0 Å². The third-order valence-corrected chi connectivity index (χ3v) is 4.61. The Bertz CT molecular complexity index is 831. The van der Waals surface area contributed by atoms with E-state index in [4.69, 9.17) is 32.7 Å². The molecule has 6 heteroatoms. The Balaban J connectivity index is 1.83. The number of anilines is 1. The lowest BCUT2D eigenvalue weighted by Crippen LogP contribution is -2.36. The second-order valence-electron chi connectivity index (χ2n) is 5.81. The first kappa shape index (κ1) is 17.6. The van der Waals surface area contributed by atoms with Crippen molar-refractivity contribution in [3.63, 3.8) is 0 Å². The number of benzene rings is 1. The van der Waals surface area contributed by atoms with E-state index in [1.54, 1.807) is 12.5 Å². The highest BCUT2D eigenvalue weighted by molar-refractivity contribution is 7.80. The van der Waals surface area contributed by atoms with Crippen molar-refractivity contribution < 1.29 is 8.83 Å². The summed E-state index contributed by atoms with van der Waals surface area (Å²) in [5.41, 5.74) is 1.87. The minimum atomic E-state index is -0.0654. The Hall–Kier alpha value is -2.24. The summed E-state index contributed by atoms with van der Waals surface area (Å²) < 4.78 is 11.0. The maximum Gasteiger partial charge on any atom is 0.174 e. The van der Waals surface area contributed by atoms with Crippen molar-refractivity contribution >= 4 is 34.6 Å². The van der Waals surface area contributed by atoms with Crippen molar-refractivity contribution in [1.29, 1.82) is 0 Å². The van der Waals surface area contributed by atoms with Gasteiger partial charge in [0, 0.05) is 0 Å². The fourth-order valence-corrected chi connectivity index (χ4v) is 3.16. The summed E-state index contributed by atoms with van der Waals surface area (Å²) in [6.07, 6.45) is 3.31. The number of aryl methyl sites for hydroxylation is 1. The van der Waals surface area contributed by atoms with E-state index in [0.717, 1.165) is 22.8 Å². The Morgan fingerprint density at radius 2 is 1.96 bits per heavy atom. The molecule has 0 radical (unpaired) electrons. The quantitative estimate of drug-likeness (QED) is 0.572. The van der Waals surface area contributed by atoms with Gasteiger partial charge in [-0.2, -0.15) is 0 Å². The first-order valence-corrected chi connectivity index (χ1v) is 8.73. The van der Waals surface area contributed by atoms with Gasteiger partial charge in [0.05, 0.1) is 35.8 Å². The fraction of sp³-hybridized carbons (Fsp3) is 0.211. The molecule has 0 bridgehead atoms. The van der Waals surface area contributed by atoms with E-state index < -0.39 is 0 Å². The van der Waals surface area contributed by atoms with Gasteiger partial charge in [-0.3, -0.25) is 0 Å². The zero-order valence-corrected chi connectivity index (χ0v) is 15.6. The van der Waals surface area contributed by atoms with Crippen LogP contribution in [0.2, 0.25) is 5.02 Å². The Kier molecular flexibility index (Phi) is 5.46. The van der Waals surface area contributed by atoms with Crippen molar-refractivity contribution in [3.8, 4) is 0 Å². The normalized spacial score (nSPS) is 12.0. The Morgan fingerprint density at radius 3 is 2.60 bits per heavy atom. The fourth-order valence-electron chi connectivity index (χ4n) is 2.55. The molecule has 0 fully saturated rings. The third kappa shape index (κ3) is 4.24. The molecule has 0 aliphatic carbocycles. The van der Waals surface area contributed by atoms with E-state index in [0.29, 0.717) is 16.7 Å². The van der Waals surface area contributed by atoms with Crippen LogP contribution >= 0.6 is 23.8 Å². The molecule has 1 atom stereocenters. The van der Waals surface area contributed by atoms with Crippen molar-refractivity contribution in [3.05, 3.63) is 77.1 Å². The number of thiocarbonyl (C=S) groups is 1. The molecule has 3 aromatic rings. The summed E-state index contributed by atoms with van der Waals surface area (Å²) in [7, 11) is 0. The Morgan fingerprint density at radius 1 is 1.20 bits per heavy atom. The lowest BCUT2D eigenvalue weighted by molar-refractivity contribution is 0.269. The standard InChI is InChI=1S/C19H19ClN2O2S/c1-13-7-8-17(16(20)11-13)21-19(25)22(12-15-5-3-9-23-15)14(2)18-6-4-10-24-18/h3-11,14H,12H2,1-2H3,(H,21,25)/t14-/m0/s1. The molecule has 3 rings (SSSR count). The summed E-state index contributed by atoms with van der Waals surface area (Å²) >= 11 is 12.0. The topological polar surface area (TPSA) is 41.5 Å². The molecule has 1 aromatic carbocycles. The molecule has 0 saturated heterocycles. The average Bonchev–Trinajstić information content (AvgIpc) is 3.28. The lowest BCUT2D eigenvalue weighted by Gasteiger charge is -2.30. The summed E-state index contributed by atoms with van der Waals surface area (Å²) in [5.74, 6) is 1.64. The minimum Gasteiger partial charge on any atom is -0.467 e. The van der Waals surface area contributed by atoms with Crippen LogP contribution in [-0.4, -0.2) is 10.0 Å². The smallest absolute Gasteiger partial charge is 0.174 e. The maximum absolute atomic E-state index is 6.32. The number of nitrogens with zero attached hydrogens (tertiary/aromatic N) is 1. The van der Waals surface area contributed by atoms with E-state index in [-0.39, 0.29) is 6.04 Å². The minimum absolute atomic E-state index is 0.0654. The number of nitrogens with one attached hydrogen (secondary N) is 1. The second-order valence-corrected chi connectivity index (χ2v) is 6.61. The molecular formula is C19H19ClN2O2S. The molecule has 130 valence electrons. The van der Waals surface area contributed by atoms with Gasteiger partial charge in [-0.25, -0.2) is 0 Å². The van der Waals surface area contributed by atoms with Crippen LogP contribution in [0.25, 0.3) is 0 Å². The molecule has 25 heavy (non-hydrogen) atoms. The molecule has 2 heterocycles. The molecule has 2 aromatic heterocycles. The number of furan rings is 2. The molecule has 4 nitrogen and oxygen atoms in total. The molecule has 0 unspecified atom stereocenters. The van der Waals surface area contributed by atoms with E-state index in [1.165, 1.54) is 0 Å². The van der Waals surface area contributed by atoms with Crippen LogP contribution in [0.4, 0.5) is 5.69 Å². The zero-order chi connectivity index (χ0) is 17.8. The van der Waals surface area contributed by atoms with E-state index in [1.807, 2.05) is 61.2 Å². The first-order valence-electron chi connectivity index (χ1n) is 7.94. The van der Waals surface area contributed by atoms with Gasteiger partial charge in [-0.15, -0.1) is 0 Å². The van der Waals surface area contributed by atoms with Crippen LogP contribution in [-0.2, 0) is 6.54 Å². The van der Waals surface area contributed by atoms with E-state index >= 15 is 0 Å². The number of rotatable bonds is 5. The molecule has 0 amide bonds. The summed E-state index contributed by atoms with van der Waals surface area (Å²) in [6.45, 7) is 4.55. The van der Waals surface area contributed by atoms with E-state index in [9.17, 15) is 0 Å². The first-order chi connectivity index (χ1) is 12.0. The molecule has 0 aliphatic heterocycles.